The molecular formula is C16H21NO. The summed E-state index contributed by atoms with van der Waals surface area (Å²) in [4.78, 5) is 0. The summed E-state index contributed by atoms with van der Waals surface area (Å²) < 4.78 is 5.54. The summed E-state index contributed by atoms with van der Waals surface area (Å²) in [6.45, 7) is 5.24. The Morgan fingerprint density at radius 1 is 1.11 bits per heavy atom. The molecule has 0 bridgehead atoms. The smallest absolute Gasteiger partial charge is 0.108 e. The molecule has 2 heteroatoms. The second kappa shape index (κ2) is 6.41. The highest BCUT2D eigenvalue weighted by Gasteiger charge is 2.16. The lowest BCUT2D eigenvalue weighted by molar-refractivity contribution is 0.487. The number of nitrogens with one attached hydrogen (secondary N) is 1. The van der Waals surface area contributed by atoms with Gasteiger partial charge in [0.25, 0.3) is 0 Å². The van der Waals surface area contributed by atoms with E-state index in [1.165, 1.54) is 11.1 Å². The fourth-order valence-corrected chi connectivity index (χ4v) is 2.34. The Morgan fingerprint density at radius 2 is 1.89 bits per heavy atom. The third-order valence-electron chi connectivity index (χ3n) is 3.21. The van der Waals surface area contributed by atoms with Crippen LogP contribution >= 0.6 is 0 Å². The normalized spacial score (nSPS) is 12.6. The minimum absolute atomic E-state index is 0.339. The van der Waals surface area contributed by atoms with Crippen LogP contribution in [0.1, 0.15) is 36.8 Å². The Kier molecular flexibility index (Phi) is 4.59. The van der Waals surface area contributed by atoms with Gasteiger partial charge in [-0.15, -0.1) is 0 Å². The predicted molar refractivity (Wildman–Crippen MR) is 74.6 cm³/mol. The molecule has 0 amide bonds. The molecule has 0 aliphatic rings. The van der Waals surface area contributed by atoms with E-state index in [0.29, 0.717) is 6.04 Å². The standard InChI is InChI=1S/C16H21NO/c1-3-16-14(10-11-18-16)15(17-4-2)12-13-8-6-5-7-9-13/h5-11,15,17H,3-4,12H2,1-2H3. The fraction of sp³-hybridized carbons (Fsp3) is 0.375. The van der Waals surface area contributed by atoms with Crippen molar-refractivity contribution in [2.75, 3.05) is 6.54 Å². The van der Waals surface area contributed by atoms with Crippen LogP contribution in [0.15, 0.2) is 47.1 Å². The van der Waals surface area contributed by atoms with E-state index in [4.69, 9.17) is 4.42 Å². The molecule has 18 heavy (non-hydrogen) atoms. The van der Waals surface area contributed by atoms with Gasteiger partial charge < -0.3 is 9.73 Å². The molecule has 1 N–H and O–H groups in total. The van der Waals surface area contributed by atoms with Crippen molar-refractivity contribution in [1.82, 2.24) is 5.32 Å². The van der Waals surface area contributed by atoms with Gasteiger partial charge >= 0.3 is 0 Å². The van der Waals surface area contributed by atoms with Gasteiger partial charge in [-0.1, -0.05) is 44.2 Å². The van der Waals surface area contributed by atoms with E-state index in [1.54, 1.807) is 6.26 Å². The van der Waals surface area contributed by atoms with Crippen LogP contribution in [0.4, 0.5) is 0 Å². The summed E-state index contributed by atoms with van der Waals surface area (Å²) in [5.41, 5.74) is 2.65. The molecule has 0 saturated carbocycles. The topological polar surface area (TPSA) is 25.2 Å². The van der Waals surface area contributed by atoms with Crippen LogP contribution in [-0.4, -0.2) is 6.54 Å². The van der Waals surface area contributed by atoms with Crippen LogP contribution in [0.2, 0.25) is 0 Å². The zero-order valence-electron chi connectivity index (χ0n) is 11.1. The number of furan rings is 1. The average molecular weight is 243 g/mol. The van der Waals surface area contributed by atoms with Crippen LogP contribution in [0.25, 0.3) is 0 Å². The van der Waals surface area contributed by atoms with Crippen molar-refractivity contribution in [3.63, 3.8) is 0 Å². The molecule has 0 radical (unpaired) electrons. The van der Waals surface area contributed by atoms with E-state index < -0.39 is 0 Å². The minimum Gasteiger partial charge on any atom is -0.469 e. The number of hydrogen-bond donors (Lipinski definition) is 1. The van der Waals surface area contributed by atoms with Gasteiger partial charge in [-0.2, -0.15) is 0 Å². The molecule has 0 aliphatic heterocycles. The molecule has 1 heterocycles. The first kappa shape index (κ1) is 12.9. The van der Waals surface area contributed by atoms with Crippen LogP contribution in [0.5, 0.6) is 0 Å². The minimum atomic E-state index is 0.339. The summed E-state index contributed by atoms with van der Waals surface area (Å²) in [5.74, 6) is 1.09. The lowest BCUT2D eigenvalue weighted by atomic mass is 9.98. The maximum Gasteiger partial charge on any atom is 0.108 e. The molecule has 0 fully saturated rings. The highest BCUT2D eigenvalue weighted by molar-refractivity contribution is 5.25. The van der Waals surface area contributed by atoms with Gasteiger partial charge in [0.05, 0.1) is 6.26 Å². The Hall–Kier alpha value is -1.54. The predicted octanol–water partition coefficient (Wildman–Crippen LogP) is 3.74. The summed E-state index contributed by atoms with van der Waals surface area (Å²) in [6, 6.07) is 13.0. The molecule has 1 unspecified atom stereocenters. The van der Waals surface area contributed by atoms with Crippen molar-refractivity contribution in [3.8, 4) is 0 Å². The molecule has 1 aromatic heterocycles. The van der Waals surface area contributed by atoms with E-state index >= 15 is 0 Å². The Balaban J connectivity index is 2.18. The zero-order valence-corrected chi connectivity index (χ0v) is 11.1. The van der Waals surface area contributed by atoms with Crippen LogP contribution < -0.4 is 5.32 Å². The number of rotatable bonds is 6. The van der Waals surface area contributed by atoms with Crippen molar-refractivity contribution in [2.24, 2.45) is 0 Å². The molecule has 0 spiro atoms. The summed E-state index contributed by atoms with van der Waals surface area (Å²) in [6.07, 6.45) is 3.74. The third kappa shape index (κ3) is 3.02. The molecule has 1 aromatic carbocycles. The van der Waals surface area contributed by atoms with Gasteiger partial charge in [0.1, 0.15) is 5.76 Å². The lowest BCUT2D eigenvalue weighted by Gasteiger charge is -2.18. The van der Waals surface area contributed by atoms with Gasteiger partial charge in [-0.3, -0.25) is 0 Å². The second-order valence-electron chi connectivity index (χ2n) is 4.45. The number of likely N-dealkylation sites (N-methyl/N-ethyl adjacent to an activating group) is 1. The van der Waals surface area contributed by atoms with Gasteiger partial charge in [0.15, 0.2) is 0 Å². The van der Waals surface area contributed by atoms with E-state index in [9.17, 15) is 0 Å². The molecule has 96 valence electrons. The van der Waals surface area contributed by atoms with E-state index in [2.05, 4.69) is 55.6 Å². The summed E-state index contributed by atoms with van der Waals surface area (Å²) in [7, 11) is 0. The highest BCUT2D eigenvalue weighted by atomic mass is 16.3. The van der Waals surface area contributed by atoms with Crippen molar-refractivity contribution in [1.29, 1.82) is 0 Å². The quantitative estimate of drug-likeness (QED) is 0.836. The molecule has 2 nitrogen and oxygen atoms in total. The SMILES string of the molecule is CCNC(Cc1ccccc1)c1ccoc1CC. The third-order valence-corrected chi connectivity index (χ3v) is 3.21. The number of aryl methyl sites for hydroxylation is 1. The molecule has 2 rings (SSSR count). The molecule has 0 aliphatic carbocycles. The van der Waals surface area contributed by atoms with Crippen molar-refractivity contribution in [3.05, 3.63) is 59.5 Å². The van der Waals surface area contributed by atoms with Crippen LogP contribution in [-0.2, 0) is 12.8 Å². The molecule has 1 atom stereocenters. The Labute approximate surface area is 109 Å². The van der Waals surface area contributed by atoms with E-state index in [1.807, 2.05) is 0 Å². The maximum absolute atomic E-state index is 5.54. The monoisotopic (exact) mass is 243 g/mol. The molecule has 2 aromatic rings. The van der Waals surface area contributed by atoms with Crippen molar-refractivity contribution >= 4 is 0 Å². The second-order valence-corrected chi connectivity index (χ2v) is 4.45. The van der Waals surface area contributed by atoms with Gasteiger partial charge in [-0.25, -0.2) is 0 Å². The molecular weight excluding hydrogens is 222 g/mol. The van der Waals surface area contributed by atoms with Gasteiger partial charge in [0, 0.05) is 18.0 Å². The molecule has 0 saturated heterocycles. The van der Waals surface area contributed by atoms with Crippen molar-refractivity contribution < 1.29 is 4.42 Å². The van der Waals surface area contributed by atoms with Gasteiger partial charge in [-0.05, 0) is 24.6 Å². The Bertz CT molecular complexity index is 461. The first-order valence-electron chi connectivity index (χ1n) is 6.68. The maximum atomic E-state index is 5.54. The van der Waals surface area contributed by atoms with E-state index in [-0.39, 0.29) is 0 Å². The highest BCUT2D eigenvalue weighted by Crippen LogP contribution is 2.23. The summed E-state index contributed by atoms with van der Waals surface area (Å²) in [5, 5.41) is 3.55. The van der Waals surface area contributed by atoms with Gasteiger partial charge in [0.2, 0.25) is 0 Å². The first-order chi connectivity index (χ1) is 8.85. The number of benzene rings is 1. The largest absolute Gasteiger partial charge is 0.469 e. The first-order valence-corrected chi connectivity index (χ1v) is 6.68. The van der Waals surface area contributed by atoms with E-state index in [0.717, 1.165) is 25.1 Å². The van der Waals surface area contributed by atoms with Crippen LogP contribution in [0.3, 0.4) is 0 Å². The lowest BCUT2D eigenvalue weighted by Crippen LogP contribution is -2.23. The van der Waals surface area contributed by atoms with Crippen molar-refractivity contribution in [2.45, 2.75) is 32.7 Å². The van der Waals surface area contributed by atoms with Crippen LogP contribution in [0, 0.1) is 0 Å². The Morgan fingerprint density at radius 3 is 2.56 bits per heavy atom. The fourth-order valence-electron chi connectivity index (χ4n) is 2.34. The number of hydrogen-bond acceptors (Lipinski definition) is 2. The zero-order chi connectivity index (χ0) is 12.8. The summed E-state index contributed by atoms with van der Waals surface area (Å²) >= 11 is 0. The average Bonchev–Trinajstić information content (AvgIpc) is 2.87.